The van der Waals surface area contributed by atoms with Crippen LogP contribution in [-0.2, 0) is 16.1 Å². The van der Waals surface area contributed by atoms with Crippen LogP contribution in [0.5, 0.6) is 0 Å². The van der Waals surface area contributed by atoms with Crippen molar-refractivity contribution in [3.8, 4) is 0 Å². The van der Waals surface area contributed by atoms with Gasteiger partial charge < -0.3 is 20.2 Å². The summed E-state index contributed by atoms with van der Waals surface area (Å²) < 4.78 is 9.91. The fourth-order valence-electron chi connectivity index (χ4n) is 1.20. The Labute approximate surface area is 99.1 Å². The highest BCUT2D eigenvalue weighted by Crippen LogP contribution is 2.07. The Bertz CT molecular complexity index is 400. The number of esters is 1. The third kappa shape index (κ3) is 3.60. The molecule has 0 saturated carbocycles. The molecule has 1 aromatic heterocycles. The molecular weight excluding hydrogens is 224 g/mol. The van der Waals surface area contributed by atoms with Crippen LogP contribution in [0.15, 0.2) is 16.5 Å². The van der Waals surface area contributed by atoms with Gasteiger partial charge in [0, 0.05) is 0 Å². The molecule has 0 radical (unpaired) electrons. The highest BCUT2D eigenvalue weighted by atomic mass is 16.5. The number of hydrogen-bond acceptors (Lipinski definition) is 5. The summed E-state index contributed by atoms with van der Waals surface area (Å²) in [5.41, 5.74) is 5.35. The second kappa shape index (κ2) is 6.05. The maximum atomic E-state index is 11.6. The van der Waals surface area contributed by atoms with E-state index < -0.39 is 17.9 Å². The summed E-state index contributed by atoms with van der Waals surface area (Å²) in [6.45, 7) is 3.74. The van der Waals surface area contributed by atoms with Crippen LogP contribution >= 0.6 is 0 Å². The Morgan fingerprint density at radius 1 is 1.53 bits per heavy atom. The van der Waals surface area contributed by atoms with Crippen molar-refractivity contribution in [2.24, 2.45) is 5.73 Å². The average molecular weight is 240 g/mol. The van der Waals surface area contributed by atoms with Crippen molar-refractivity contribution in [3.63, 3.8) is 0 Å². The Kier molecular flexibility index (Phi) is 4.71. The zero-order chi connectivity index (χ0) is 12.8. The number of amides is 1. The summed E-state index contributed by atoms with van der Waals surface area (Å²) in [6.07, 6.45) is 0. The van der Waals surface area contributed by atoms with Crippen LogP contribution in [0.4, 0.5) is 0 Å². The molecule has 0 saturated heterocycles. The number of hydrogen-bond donors (Lipinski definition) is 2. The average Bonchev–Trinajstić information content (AvgIpc) is 2.77. The summed E-state index contributed by atoms with van der Waals surface area (Å²) in [5, 5.41) is 2.47. The Morgan fingerprint density at radius 2 is 2.24 bits per heavy atom. The van der Waals surface area contributed by atoms with E-state index in [9.17, 15) is 9.59 Å². The highest BCUT2D eigenvalue weighted by molar-refractivity contribution is 5.94. The van der Waals surface area contributed by atoms with Crippen LogP contribution in [0.3, 0.4) is 0 Å². The number of carbonyl (C=O) groups is 2. The minimum Gasteiger partial charge on any atom is -0.464 e. The predicted molar refractivity (Wildman–Crippen MR) is 60.2 cm³/mol. The monoisotopic (exact) mass is 240 g/mol. The maximum Gasteiger partial charge on any atom is 0.328 e. The Balaban J connectivity index is 2.56. The molecule has 17 heavy (non-hydrogen) atoms. The molecule has 3 N–H and O–H groups in total. The zero-order valence-corrected chi connectivity index (χ0v) is 9.86. The van der Waals surface area contributed by atoms with Gasteiger partial charge in [-0.05, 0) is 26.0 Å². The maximum absolute atomic E-state index is 11.6. The minimum absolute atomic E-state index is 0.126. The van der Waals surface area contributed by atoms with E-state index in [1.165, 1.54) is 6.07 Å². The van der Waals surface area contributed by atoms with E-state index in [2.05, 4.69) is 5.32 Å². The number of furan rings is 1. The zero-order valence-electron chi connectivity index (χ0n) is 9.86. The third-order valence-corrected chi connectivity index (χ3v) is 2.07. The number of rotatable bonds is 5. The topological polar surface area (TPSA) is 94.6 Å². The first-order chi connectivity index (χ1) is 8.08. The van der Waals surface area contributed by atoms with Crippen LogP contribution < -0.4 is 11.1 Å². The van der Waals surface area contributed by atoms with E-state index in [1.807, 2.05) is 0 Å². The number of ether oxygens (including phenoxy) is 1. The Hall–Kier alpha value is -1.82. The van der Waals surface area contributed by atoms with Crippen molar-refractivity contribution in [1.29, 1.82) is 0 Å². The molecular formula is C11H16N2O4. The van der Waals surface area contributed by atoms with E-state index >= 15 is 0 Å². The van der Waals surface area contributed by atoms with Crippen LogP contribution in [0.25, 0.3) is 0 Å². The first-order valence-corrected chi connectivity index (χ1v) is 5.34. The van der Waals surface area contributed by atoms with Gasteiger partial charge in [-0.2, -0.15) is 0 Å². The number of carbonyl (C=O) groups excluding carboxylic acids is 2. The standard InChI is InChI=1S/C11H16N2O4/c1-3-16-11(15)7(2)13-10(14)9-5-4-8(6-12)17-9/h4-5,7H,3,6,12H2,1-2H3,(H,13,14). The molecule has 94 valence electrons. The minimum atomic E-state index is -0.714. The van der Waals surface area contributed by atoms with Gasteiger partial charge in [0.25, 0.3) is 5.91 Å². The number of nitrogens with two attached hydrogens (primary N) is 1. The van der Waals surface area contributed by atoms with Gasteiger partial charge in [-0.1, -0.05) is 0 Å². The smallest absolute Gasteiger partial charge is 0.328 e. The Morgan fingerprint density at radius 3 is 2.76 bits per heavy atom. The van der Waals surface area contributed by atoms with Gasteiger partial charge in [0.1, 0.15) is 11.8 Å². The van der Waals surface area contributed by atoms with E-state index in [0.29, 0.717) is 5.76 Å². The normalized spacial score (nSPS) is 11.9. The van der Waals surface area contributed by atoms with Gasteiger partial charge in [-0.15, -0.1) is 0 Å². The van der Waals surface area contributed by atoms with Gasteiger partial charge in [0.15, 0.2) is 5.76 Å². The lowest BCUT2D eigenvalue weighted by Crippen LogP contribution is -2.39. The second-order valence-corrected chi connectivity index (χ2v) is 3.42. The van der Waals surface area contributed by atoms with Crippen LogP contribution in [0.2, 0.25) is 0 Å². The fraction of sp³-hybridized carbons (Fsp3) is 0.455. The molecule has 1 heterocycles. The van der Waals surface area contributed by atoms with E-state index in [-0.39, 0.29) is 18.9 Å². The molecule has 6 nitrogen and oxygen atoms in total. The molecule has 6 heteroatoms. The quantitative estimate of drug-likeness (QED) is 0.727. The predicted octanol–water partition coefficient (Wildman–Crippen LogP) is 0.420. The van der Waals surface area contributed by atoms with E-state index in [4.69, 9.17) is 14.9 Å². The van der Waals surface area contributed by atoms with Crippen molar-refractivity contribution >= 4 is 11.9 Å². The first kappa shape index (κ1) is 13.2. The molecule has 1 amide bonds. The van der Waals surface area contributed by atoms with Crippen molar-refractivity contribution in [1.82, 2.24) is 5.32 Å². The third-order valence-electron chi connectivity index (χ3n) is 2.07. The lowest BCUT2D eigenvalue weighted by Gasteiger charge is -2.11. The molecule has 1 atom stereocenters. The van der Waals surface area contributed by atoms with Gasteiger partial charge >= 0.3 is 5.97 Å². The SMILES string of the molecule is CCOC(=O)C(C)NC(=O)c1ccc(CN)o1. The molecule has 0 aliphatic heterocycles. The molecule has 0 aliphatic rings. The lowest BCUT2D eigenvalue weighted by atomic mass is 10.3. The molecule has 1 unspecified atom stereocenters. The molecule has 1 aromatic rings. The van der Waals surface area contributed by atoms with Gasteiger partial charge in [0.2, 0.25) is 0 Å². The van der Waals surface area contributed by atoms with Crippen molar-refractivity contribution in [2.45, 2.75) is 26.4 Å². The van der Waals surface area contributed by atoms with Crippen molar-refractivity contribution in [2.75, 3.05) is 6.61 Å². The fourth-order valence-corrected chi connectivity index (χ4v) is 1.20. The molecule has 0 bridgehead atoms. The molecule has 0 spiro atoms. The van der Waals surface area contributed by atoms with Gasteiger partial charge in [-0.3, -0.25) is 4.79 Å². The molecule has 1 rings (SSSR count). The largest absolute Gasteiger partial charge is 0.464 e. The number of nitrogens with one attached hydrogen (secondary N) is 1. The summed E-state index contributed by atoms with van der Waals surface area (Å²) in [6, 6.07) is 2.41. The summed E-state index contributed by atoms with van der Waals surface area (Å²) in [7, 11) is 0. The summed E-state index contributed by atoms with van der Waals surface area (Å²) >= 11 is 0. The lowest BCUT2D eigenvalue weighted by molar-refractivity contribution is -0.144. The first-order valence-electron chi connectivity index (χ1n) is 5.34. The van der Waals surface area contributed by atoms with E-state index in [1.54, 1.807) is 19.9 Å². The summed E-state index contributed by atoms with van der Waals surface area (Å²) in [4.78, 5) is 22.9. The molecule has 0 aromatic carbocycles. The van der Waals surface area contributed by atoms with Crippen molar-refractivity contribution < 1.29 is 18.7 Å². The van der Waals surface area contributed by atoms with Gasteiger partial charge in [0.05, 0.1) is 13.2 Å². The molecule has 0 aliphatic carbocycles. The highest BCUT2D eigenvalue weighted by Gasteiger charge is 2.19. The van der Waals surface area contributed by atoms with Crippen LogP contribution in [-0.4, -0.2) is 24.5 Å². The van der Waals surface area contributed by atoms with Crippen LogP contribution in [0, 0.1) is 0 Å². The van der Waals surface area contributed by atoms with Crippen LogP contribution in [0.1, 0.15) is 30.2 Å². The molecule has 0 fully saturated rings. The van der Waals surface area contributed by atoms with E-state index in [0.717, 1.165) is 0 Å². The van der Waals surface area contributed by atoms with Gasteiger partial charge in [-0.25, -0.2) is 4.79 Å². The van der Waals surface area contributed by atoms with Crippen molar-refractivity contribution in [3.05, 3.63) is 23.7 Å². The summed E-state index contributed by atoms with van der Waals surface area (Å²) in [5.74, 6) is -0.308. The second-order valence-electron chi connectivity index (χ2n) is 3.42.